The van der Waals surface area contributed by atoms with E-state index in [-0.39, 0.29) is 82.1 Å². The van der Waals surface area contributed by atoms with Gasteiger partial charge in [-0.15, -0.1) is 0 Å². The first kappa shape index (κ1) is 37.3. The molecule has 0 radical (unpaired) electrons. The Labute approximate surface area is 297 Å². The van der Waals surface area contributed by atoms with E-state index in [0.717, 1.165) is 18.4 Å². The molecule has 2 N–H and O–H groups in total. The molecule has 3 heterocycles. The van der Waals surface area contributed by atoms with E-state index in [4.69, 9.17) is 14.2 Å². The number of likely N-dealkylation sites (tertiary alicyclic amines) is 1. The van der Waals surface area contributed by atoms with Crippen molar-refractivity contribution in [2.75, 3.05) is 59.1 Å². The smallest absolute Gasteiger partial charge is 0.409 e. The third-order valence-electron chi connectivity index (χ3n) is 9.31. The van der Waals surface area contributed by atoms with Crippen LogP contribution in [-0.2, 0) is 28.7 Å². The molecule has 5 rings (SSSR count). The van der Waals surface area contributed by atoms with E-state index in [1.807, 2.05) is 13.0 Å². The monoisotopic (exact) mass is 708 g/mol. The Morgan fingerprint density at radius 3 is 2.35 bits per heavy atom. The van der Waals surface area contributed by atoms with Crippen molar-refractivity contribution < 1.29 is 43.0 Å². The molecule has 3 fully saturated rings. The molecule has 3 aliphatic rings. The molecule has 15 heteroatoms. The lowest BCUT2D eigenvalue weighted by molar-refractivity contribution is -0.143. The number of rotatable bonds is 14. The van der Waals surface area contributed by atoms with Gasteiger partial charge >= 0.3 is 12.1 Å². The molecule has 1 aliphatic carbocycles. The van der Waals surface area contributed by atoms with Crippen molar-refractivity contribution in [3.63, 3.8) is 0 Å². The second kappa shape index (κ2) is 17.3. The lowest BCUT2D eigenvalue weighted by atomic mass is 10.1. The molecule has 5 amide bonds. The highest BCUT2D eigenvalue weighted by atomic mass is 16.6. The molecule has 2 unspecified atom stereocenters. The number of piperazine rings is 1. The summed E-state index contributed by atoms with van der Waals surface area (Å²) in [6.07, 6.45) is 2.95. The standard InChI is InChI=1S/C36H48N6O9/c1-4-49-32(44)13-12-26(35(47)40-15-17-41(18-16-40)36(48)50-5-2)39-33(45)28-20-30(25-11-8-23(3)19-27(25)38-28)51-22-31(43)42-14-6-7-29(42)34(46)37-21-24-9-10-24/h8,11,19-20,24,26,29H,4-7,9-10,12-18,21-22H2,1-3H3,(H,37,46)(H,39,45). The van der Waals surface area contributed by atoms with Crippen molar-refractivity contribution in [2.45, 2.75) is 71.4 Å². The molecular weight excluding hydrogens is 660 g/mol. The van der Waals surface area contributed by atoms with Gasteiger partial charge in [-0.3, -0.25) is 24.0 Å². The van der Waals surface area contributed by atoms with Gasteiger partial charge in [0, 0.05) is 57.1 Å². The molecular formula is C36H48N6O9. The van der Waals surface area contributed by atoms with Crippen LogP contribution in [0.1, 0.15) is 68.4 Å². The molecule has 0 spiro atoms. The number of esters is 1. The number of aryl methyl sites for hydroxylation is 1. The van der Waals surface area contributed by atoms with Crippen LogP contribution in [0.4, 0.5) is 4.79 Å². The molecule has 0 bridgehead atoms. The Morgan fingerprint density at radius 1 is 0.922 bits per heavy atom. The predicted molar refractivity (Wildman–Crippen MR) is 185 cm³/mol. The highest BCUT2D eigenvalue weighted by molar-refractivity contribution is 5.99. The number of hydrogen-bond acceptors (Lipinski definition) is 10. The maximum absolute atomic E-state index is 13.8. The van der Waals surface area contributed by atoms with Crippen LogP contribution in [0.3, 0.4) is 0 Å². The summed E-state index contributed by atoms with van der Waals surface area (Å²) in [5, 5.41) is 6.31. The van der Waals surface area contributed by atoms with Crippen LogP contribution in [0.5, 0.6) is 5.75 Å². The fourth-order valence-corrected chi connectivity index (χ4v) is 6.32. The van der Waals surface area contributed by atoms with E-state index in [0.29, 0.717) is 42.8 Å². The minimum atomic E-state index is -1.09. The fourth-order valence-electron chi connectivity index (χ4n) is 6.32. The van der Waals surface area contributed by atoms with Gasteiger partial charge in [0.05, 0.1) is 18.7 Å². The average molecular weight is 709 g/mol. The normalized spacial score (nSPS) is 17.9. The van der Waals surface area contributed by atoms with E-state index in [2.05, 4.69) is 15.6 Å². The Bertz CT molecular complexity index is 1620. The third-order valence-corrected chi connectivity index (χ3v) is 9.31. The zero-order chi connectivity index (χ0) is 36.5. The number of fused-ring (bicyclic) bond motifs is 1. The zero-order valence-electron chi connectivity index (χ0n) is 29.6. The number of pyridine rings is 1. The van der Waals surface area contributed by atoms with Gasteiger partial charge in [-0.1, -0.05) is 6.07 Å². The third kappa shape index (κ3) is 9.85. The van der Waals surface area contributed by atoms with Gasteiger partial charge in [0.1, 0.15) is 23.5 Å². The number of ether oxygens (including phenoxy) is 3. The van der Waals surface area contributed by atoms with Crippen LogP contribution < -0.4 is 15.4 Å². The summed E-state index contributed by atoms with van der Waals surface area (Å²) in [6, 6.07) is 5.24. The summed E-state index contributed by atoms with van der Waals surface area (Å²) in [7, 11) is 0. The van der Waals surface area contributed by atoms with Crippen molar-refractivity contribution in [2.24, 2.45) is 5.92 Å². The second-order valence-corrected chi connectivity index (χ2v) is 13.1. The molecule has 1 saturated carbocycles. The van der Waals surface area contributed by atoms with Gasteiger partial charge in [-0.25, -0.2) is 9.78 Å². The number of aromatic nitrogens is 1. The number of hydrogen-bond donors (Lipinski definition) is 2. The molecule has 51 heavy (non-hydrogen) atoms. The number of amides is 5. The van der Waals surface area contributed by atoms with Crippen molar-refractivity contribution in [3.05, 3.63) is 35.5 Å². The Morgan fingerprint density at radius 2 is 1.65 bits per heavy atom. The molecule has 2 atom stereocenters. The maximum atomic E-state index is 13.8. The summed E-state index contributed by atoms with van der Waals surface area (Å²) in [5.74, 6) is -1.30. The fraction of sp³-hybridized carbons (Fsp3) is 0.583. The van der Waals surface area contributed by atoms with Crippen molar-refractivity contribution >= 4 is 46.6 Å². The summed E-state index contributed by atoms with van der Waals surface area (Å²) < 4.78 is 16.2. The van der Waals surface area contributed by atoms with E-state index in [1.54, 1.807) is 35.8 Å². The number of carbonyl (C=O) groups excluding carboxylic acids is 6. The number of carbonyl (C=O) groups is 6. The summed E-state index contributed by atoms with van der Waals surface area (Å²) in [6.45, 7) is 7.40. The molecule has 1 aromatic carbocycles. The molecule has 2 saturated heterocycles. The van der Waals surface area contributed by atoms with Crippen LogP contribution in [0.15, 0.2) is 24.3 Å². The van der Waals surface area contributed by atoms with Crippen molar-refractivity contribution in [1.82, 2.24) is 30.3 Å². The number of nitrogens with one attached hydrogen (secondary N) is 2. The van der Waals surface area contributed by atoms with Gasteiger partial charge in [0.25, 0.3) is 11.8 Å². The van der Waals surface area contributed by atoms with Crippen LogP contribution in [0.2, 0.25) is 0 Å². The Balaban J connectivity index is 1.30. The molecule has 2 aliphatic heterocycles. The minimum Gasteiger partial charge on any atom is -0.483 e. The van der Waals surface area contributed by atoms with E-state index in [1.165, 1.54) is 11.0 Å². The molecule has 1 aromatic heterocycles. The van der Waals surface area contributed by atoms with Crippen molar-refractivity contribution in [1.29, 1.82) is 0 Å². The highest BCUT2D eigenvalue weighted by Crippen LogP contribution is 2.29. The molecule has 2 aromatic rings. The van der Waals surface area contributed by atoms with E-state index < -0.39 is 36.0 Å². The quantitative estimate of drug-likeness (QED) is 0.277. The van der Waals surface area contributed by atoms with Gasteiger partial charge in [-0.05, 0) is 76.5 Å². The van der Waals surface area contributed by atoms with Crippen molar-refractivity contribution in [3.8, 4) is 5.75 Å². The van der Waals surface area contributed by atoms with Gasteiger partial charge in [0.2, 0.25) is 11.8 Å². The van der Waals surface area contributed by atoms with E-state index >= 15 is 0 Å². The first-order chi connectivity index (χ1) is 24.6. The van der Waals surface area contributed by atoms with Gasteiger partial charge in [0.15, 0.2) is 6.61 Å². The lowest BCUT2D eigenvalue weighted by Gasteiger charge is -2.36. The molecule has 15 nitrogen and oxygen atoms in total. The molecule has 276 valence electrons. The van der Waals surface area contributed by atoms with Crippen LogP contribution in [0.25, 0.3) is 10.9 Å². The van der Waals surface area contributed by atoms with Gasteiger partial charge in [-0.2, -0.15) is 0 Å². The zero-order valence-corrected chi connectivity index (χ0v) is 29.6. The lowest BCUT2D eigenvalue weighted by Crippen LogP contribution is -2.56. The highest BCUT2D eigenvalue weighted by Gasteiger charge is 2.35. The Hall–Kier alpha value is -4.95. The van der Waals surface area contributed by atoms with Crippen LogP contribution in [0, 0.1) is 12.8 Å². The topological polar surface area (TPSA) is 177 Å². The van der Waals surface area contributed by atoms with Crippen LogP contribution in [-0.4, -0.2) is 127 Å². The number of benzene rings is 1. The van der Waals surface area contributed by atoms with E-state index in [9.17, 15) is 28.8 Å². The SMILES string of the molecule is CCOC(=O)CCC(NC(=O)c1cc(OCC(=O)N2CCCC2C(=O)NCC2CC2)c2ccc(C)cc2n1)C(=O)N1CCN(C(=O)OCC)CC1. The summed E-state index contributed by atoms with van der Waals surface area (Å²) in [4.78, 5) is 87.3. The first-order valence-corrected chi connectivity index (χ1v) is 17.9. The Kier molecular flexibility index (Phi) is 12.7. The second-order valence-electron chi connectivity index (χ2n) is 13.1. The largest absolute Gasteiger partial charge is 0.483 e. The first-order valence-electron chi connectivity index (χ1n) is 17.9. The maximum Gasteiger partial charge on any atom is 0.409 e. The summed E-state index contributed by atoms with van der Waals surface area (Å²) >= 11 is 0. The summed E-state index contributed by atoms with van der Waals surface area (Å²) in [5.41, 5.74) is 1.29. The predicted octanol–water partition coefficient (Wildman–Crippen LogP) is 2.18. The number of nitrogens with zero attached hydrogens (tertiary/aromatic N) is 4. The van der Waals surface area contributed by atoms with Gasteiger partial charge < -0.3 is 39.5 Å². The van der Waals surface area contributed by atoms with Crippen LogP contribution >= 0.6 is 0 Å². The minimum absolute atomic E-state index is 0.0166. The average Bonchev–Trinajstić information content (AvgIpc) is 3.83.